The van der Waals surface area contributed by atoms with Gasteiger partial charge in [0.05, 0.1) is 10.6 Å². The fourth-order valence-electron chi connectivity index (χ4n) is 2.90. The van der Waals surface area contributed by atoms with E-state index in [0.717, 1.165) is 18.5 Å². The first-order valence-corrected chi connectivity index (χ1v) is 8.45. The molecule has 3 rings (SSSR count). The molecule has 5 heteroatoms. The summed E-state index contributed by atoms with van der Waals surface area (Å²) >= 11 is 5.97. The molecule has 0 saturated carbocycles. The molecule has 0 unspecified atom stereocenters. The molecule has 4 nitrogen and oxygen atoms in total. The molecule has 2 aromatic rings. The minimum atomic E-state index is -0.272. The monoisotopic (exact) mass is 342 g/mol. The van der Waals surface area contributed by atoms with Gasteiger partial charge in [0, 0.05) is 18.7 Å². The fourth-order valence-corrected chi connectivity index (χ4v) is 3.12. The Hall–Kier alpha value is -2.33. The number of benzene rings is 2. The molecular weight excluding hydrogens is 324 g/mol. The van der Waals surface area contributed by atoms with Gasteiger partial charge in [-0.15, -0.1) is 0 Å². The summed E-state index contributed by atoms with van der Waals surface area (Å²) in [6, 6.07) is 12.9. The molecule has 24 heavy (non-hydrogen) atoms. The number of amides is 2. The van der Waals surface area contributed by atoms with Gasteiger partial charge in [-0.2, -0.15) is 0 Å². The van der Waals surface area contributed by atoms with Crippen LogP contribution in [-0.4, -0.2) is 18.4 Å². The van der Waals surface area contributed by atoms with Crippen molar-refractivity contribution >= 4 is 29.1 Å². The first-order valence-electron chi connectivity index (χ1n) is 8.08. The highest BCUT2D eigenvalue weighted by atomic mass is 35.5. The van der Waals surface area contributed by atoms with E-state index in [0.29, 0.717) is 10.6 Å². The summed E-state index contributed by atoms with van der Waals surface area (Å²) in [5, 5.41) is 5.99. The second-order valence-electron chi connectivity index (χ2n) is 5.87. The zero-order valence-corrected chi connectivity index (χ0v) is 14.0. The minimum absolute atomic E-state index is 0.118. The third kappa shape index (κ3) is 3.95. The average molecular weight is 343 g/mol. The lowest BCUT2D eigenvalue weighted by molar-refractivity contribution is -0.116. The summed E-state index contributed by atoms with van der Waals surface area (Å²) in [4.78, 5) is 24.0. The van der Waals surface area contributed by atoms with Crippen LogP contribution in [0.2, 0.25) is 5.02 Å². The number of anilines is 1. The second-order valence-corrected chi connectivity index (χ2v) is 6.28. The van der Waals surface area contributed by atoms with E-state index in [-0.39, 0.29) is 24.8 Å². The number of fused-ring (bicyclic) bond motifs is 1. The third-order valence-corrected chi connectivity index (χ3v) is 4.47. The van der Waals surface area contributed by atoms with Crippen molar-refractivity contribution in [2.75, 3.05) is 11.9 Å². The Balaban J connectivity index is 1.48. The van der Waals surface area contributed by atoms with Crippen molar-refractivity contribution in [2.45, 2.75) is 25.7 Å². The van der Waals surface area contributed by atoms with Gasteiger partial charge in [-0.3, -0.25) is 9.59 Å². The van der Waals surface area contributed by atoms with Crippen molar-refractivity contribution in [1.29, 1.82) is 0 Å². The Morgan fingerprint density at radius 2 is 1.83 bits per heavy atom. The molecule has 0 spiro atoms. The number of hydrogen-bond donors (Lipinski definition) is 2. The summed E-state index contributed by atoms with van der Waals surface area (Å²) in [6.45, 7) is 0.265. The van der Waals surface area contributed by atoms with E-state index in [9.17, 15) is 9.59 Å². The van der Waals surface area contributed by atoms with Crippen LogP contribution in [0.4, 0.5) is 5.69 Å². The van der Waals surface area contributed by atoms with Crippen LogP contribution in [0.5, 0.6) is 0 Å². The molecule has 2 N–H and O–H groups in total. The Morgan fingerprint density at radius 3 is 2.67 bits per heavy atom. The van der Waals surface area contributed by atoms with E-state index in [1.807, 2.05) is 12.1 Å². The summed E-state index contributed by atoms with van der Waals surface area (Å²) in [5.74, 6) is -0.390. The molecule has 2 aromatic carbocycles. The SMILES string of the molecule is O=C(CCNC(=O)c1ccccc1Cl)Nc1ccc2c(c1)CCC2. The number of hydrogen-bond acceptors (Lipinski definition) is 2. The van der Waals surface area contributed by atoms with Crippen molar-refractivity contribution in [3.05, 3.63) is 64.2 Å². The molecule has 0 heterocycles. The van der Waals surface area contributed by atoms with Gasteiger partial charge in [0.25, 0.3) is 5.91 Å². The molecule has 0 fully saturated rings. The van der Waals surface area contributed by atoms with Crippen molar-refractivity contribution in [2.24, 2.45) is 0 Å². The van der Waals surface area contributed by atoms with Gasteiger partial charge in [-0.25, -0.2) is 0 Å². The molecule has 0 radical (unpaired) electrons. The predicted molar refractivity (Wildman–Crippen MR) is 95.5 cm³/mol. The van der Waals surface area contributed by atoms with Crippen LogP contribution in [0.3, 0.4) is 0 Å². The van der Waals surface area contributed by atoms with Gasteiger partial charge in [-0.05, 0) is 54.7 Å². The number of nitrogens with one attached hydrogen (secondary N) is 2. The molecular formula is C19H19ClN2O2. The van der Waals surface area contributed by atoms with E-state index in [1.54, 1.807) is 24.3 Å². The summed E-state index contributed by atoms with van der Waals surface area (Å²) < 4.78 is 0. The van der Waals surface area contributed by atoms with E-state index in [4.69, 9.17) is 11.6 Å². The summed E-state index contributed by atoms with van der Waals surface area (Å²) in [6.07, 6.45) is 3.60. The highest BCUT2D eigenvalue weighted by Gasteiger charge is 2.12. The summed E-state index contributed by atoms with van der Waals surface area (Å²) in [5.41, 5.74) is 3.93. The van der Waals surface area contributed by atoms with Crippen molar-refractivity contribution in [3.63, 3.8) is 0 Å². The van der Waals surface area contributed by atoms with Crippen LogP contribution >= 0.6 is 11.6 Å². The van der Waals surface area contributed by atoms with Crippen LogP contribution in [0, 0.1) is 0 Å². The number of carbonyl (C=O) groups excluding carboxylic acids is 2. The minimum Gasteiger partial charge on any atom is -0.351 e. The Kier molecular flexibility index (Phi) is 5.16. The maximum atomic E-state index is 12.0. The first kappa shape index (κ1) is 16.5. The number of carbonyl (C=O) groups is 2. The predicted octanol–water partition coefficient (Wildman–Crippen LogP) is 3.59. The van der Waals surface area contributed by atoms with Crippen LogP contribution < -0.4 is 10.6 Å². The van der Waals surface area contributed by atoms with Crippen LogP contribution in [-0.2, 0) is 17.6 Å². The average Bonchev–Trinajstić information content (AvgIpc) is 3.02. The van der Waals surface area contributed by atoms with Gasteiger partial charge in [-0.1, -0.05) is 29.8 Å². The third-order valence-electron chi connectivity index (χ3n) is 4.14. The second kappa shape index (κ2) is 7.49. The number of aryl methyl sites for hydroxylation is 2. The molecule has 0 bridgehead atoms. The van der Waals surface area contributed by atoms with Crippen LogP contribution in [0.15, 0.2) is 42.5 Å². The zero-order chi connectivity index (χ0) is 16.9. The lowest BCUT2D eigenvalue weighted by Gasteiger charge is -2.09. The Bertz CT molecular complexity index is 774. The molecule has 0 aliphatic heterocycles. The van der Waals surface area contributed by atoms with Gasteiger partial charge in [0.15, 0.2) is 0 Å². The quantitative estimate of drug-likeness (QED) is 0.872. The topological polar surface area (TPSA) is 58.2 Å². The van der Waals surface area contributed by atoms with Crippen LogP contribution in [0.25, 0.3) is 0 Å². The van der Waals surface area contributed by atoms with E-state index in [1.165, 1.54) is 17.5 Å². The standard InChI is InChI=1S/C19H19ClN2O2/c20-17-7-2-1-6-16(17)19(24)21-11-10-18(23)22-15-9-8-13-4-3-5-14(13)12-15/h1-2,6-9,12H,3-5,10-11H2,(H,21,24)(H,22,23). The molecule has 124 valence electrons. The molecule has 0 saturated heterocycles. The highest BCUT2D eigenvalue weighted by molar-refractivity contribution is 6.33. The van der Waals surface area contributed by atoms with Crippen molar-refractivity contribution in [3.8, 4) is 0 Å². The summed E-state index contributed by atoms with van der Waals surface area (Å²) in [7, 11) is 0. The van der Waals surface area contributed by atoms with E-state index in [2.05, 4.69) is 16.7 Å². The first-order chi connectivity index (χ1) is 11.6. The maximum absolute atomic E-state index is 12.0. The van der Waals surface area contributed by atoms with Gasteiger partial charge < -0.3 is 10.6 Å². The highest BCUT2D eigenvalue weighted by Crippen LogP contribution is 2.24. The number of rotatable bonds is 5. The maximum Gasteiger partial charge on any atom is 0.252 e. The molecule has 0 aromatic heterocycles. The molecule has 0 atom stereocenters. The Morgan fingerprint density at radius 1 is 1.04 bits per heavy atom. The normalized spacial score (nSPS) is 12.5. The van der Waals surface area contributed by atoms with Gasteiger partial charge in [0.2, 0.25) is 5.91 Å². The van der Waals surface area contributed by atoms with Gasteiger partial charge >= 0.3 is 0 Å². The lowest BCUT2D eigenvalue weighted by Crippen LogP contribution is -2.27. The molecule has 2 amide bonds. The zero-order valence-electron chi connectivity index (χ0n) is 13.3. The largest absolute Gasteiger partial charge is 0.351 e. The van der Waals surface area contributed by atoms with Crippen molar-refractivity contribution in [1.82, 2.24) is 5.32 Å². The van der Waals surface area contributed by atoms with Crippen molar-refractivity contribution < 1.29 is 9.59 Å². The number of halogens is 1. The lowest BCUT2D eigenvalue weighted by atomic mass is 10.1. The smallest absolute Gasteiger partial charge is 0.252 e. The molecule has 1 aliphatic rings. The Labute approximate surface area is 146 Å². The van der Waals surface area contributed by atoms with E-state index >= 15 is 0 Å². The van der Waals surface area contributed by atoms with Gasteiger partial charge in [0.1, 0.15) is 0 Å². The van der Waals surface area contributed by atoms with E-state index < -0.39 is 0 Å². The van der Waals surface area contributed by atoms with Crippen LogP contribution in [0.1, 0.15) is 34.3 Å². The fraction of sp³-hybridized carbons (Fsp3) is 0.263. The molecule has 1 aliphatic carbocycles.